The third kappa shape index (κ3) is 69.2. The smallest absolute Gasteiger partial charge is 0.462 e. The molecule has 17 nitrogen and oxygen atoms in total. The van der Waals surface area contributed by atoms with E-state index in [1.54, 1.807) is 0 Å². The van der Waals surface area contributed by atoms with Gasteiger partial charge in [0.2, 0.25) is 0 Å². The summed E-state index contributed by atoms with van der Waals surface area (Å²) in [6.07, 6.45) is 54.4. The first-order valence-electron chi connectivity index (χ1n) is 39.9. The molecule has 0 aromatic heterocycles. The molecule has 0 bridgehead atoms. The highest BCUT2D eigenvalue weighted by Gasteiger charge is 2.30. The van der Waals surface area contributed by atoms with Crippen molar-refractivity contribution in [1.82, 2.24) is 0 Å². The number of phosphoric acid groups is 2. The molecule has 0 aliphatic heterocycles. The van der Waals surface area contributed by atoms with Crippen LogP contribution in [0.25, 0.3) is 0 Å². The first kappa shape index (κ1) is 94.1. The van der Waals surface area contributed by atoms with Crippen LogP contribution >= 0.6 is 15.6 Å². The summed E-state index contributed by atoms with van der Waals surface area (Å²) in [5.41, 5.74) is 0. The summed E-state index contributed by atoms with van der Waals surface area (Å²) in [6, 6.07) is 0. The van der Waals surface area contributed by atoms with Crippen LogP contribution in [0.5, 0.6) is 0 Å². The van der Waals surface area contributed by atoms with Crippen LogP contribution < -0.4 is 0 Å². The van der Waals surface area contributed by atoms with Crippen LogP contribution in [-0.4, -0.2) is 96.7 Å². The van der Waals surface area contributed by atoms with Gasteiger partial charge in [0.1, 0.15) is 19.3 Å². The summed E-state index contributed by atoms with van der Waals surface area (Å²) in [6.45, 7) is 11.9. The third-order valence-corrected chi connectivity index (χ3v) is 20.1. The van der Waals surface area contributed by atoms with E-state index in [2.05, 4.69) is 48.5 Å². The maximum absolute atomic E-state index is 13.1. The normalized spacial score (nSPS) is 14.3. The number of aliphatic hydroxyl groups is 1. The summed E-state index contributed by atoms with van der Waals surface area (Å²) < 4.78 is 68.4. The monoisotopic (exact) mass is 1410 g/mol. The number of unbranched alkanes of at least 4 members (excludes halogenated alkanes) is 42. The Kier molecular flexibility index (Phi) is 66.2. The highest BCUT2D eigenvalue weighted by atomic mass is 31.2. The van der Waals surface area contributed by atoms with E-state index in [1.165, 1.54) is 205 Å². The van der Waals surface area contributed by atoms with Gasteiger partial charge in [-0.2, -0.15) is 0 Å². The van der Waals surface area contributed by atoms with Gasteiger partial charge in [0.25, 0.3) is 0 Å². The Morgan fingerprint density at radius 3 is 0.792 bits per heavy atom. The highest BCUT2D eigenvalue weighted by Crippen LogP contribution is 2.45. The Hall–Kier alpha value is -1.94. The van der Waals surface area contributed by atoms with E-state index in [1.807, 2.05) is 0 Å². The van der Waals surface area contributed by atoms with E-state index >= 15 is 0 Å². The van der Waals surface area contributed by atoms with Crippen molar-refractivity contribution in [3.05, 3.63) is 0 Å². The molecule has 0 saturated carbocycles. The fourth-order valence-electron chi connectivity index (χ4n) is 11.7. The molecule has 0 amide bonds. The standard InChI is InChI=1S/C77H150O17P2/c1-8-10-11-12-13-29-36-44-51-58-74(79)87-65-73(94-77(82)61-54-47-40-39-42-49-56-69(5)6)67-92-96(85,86)90-63-71(78)62-89-95(83,84)91-66-72(64-88-75(80)59-52-45-37-32-27-24-20-21-25-30-34-41-48-55-68(3)4)93-76(81)60-53-46-38-33-28-23-19-17-15-14-16-18-22-26-31-35-43-50-57-70(7)9-2/h68-73,78H,8-67H2,1-7H3,(H,83,84)(H,85,86)/t70?,71-,72-,73-/m1/s1. The second kappa shape index (κ2) is 67.5. The summed E-state index contributed by atoms with van der Waals surface area (Å²) in [7, 11) is -9.91. The van der Waals surface area contributed by atoms with Crippen molar-refractivity contribution in [3.63, 3.8) is 0 Å². The van der Waals surface area contributed by atoms with E-state index in [0.29, 0.717) is 31.6 Å². The lowest BCUT2D eigenvalue weighted by Crippen LogP contribution is -2.30. The average molecular weight is 1410 g/mol. The van der Waals surface area contributed by atoms with Gasteiger partial charge in [0, 0.05) is 25.7 Å². The van der Waals surface area contributed by atoms with Crippen molar-refractivity contribution in [3.8, 4) is 0 Å². The molecule has 570 valence electrons. The molecule has 0 aromatic rings. The molecule has 0 aliphatic rings. The van der Waals surface area contributed by atoms with E-state index < -0.39 is 97.5 Å². The largest absolute Gasteiger partial charge is 0.472 e. The van der Waals surface area contributed by atoms with Crippen LogP contribution in [0.2, 0.25) is 0 Å². The molecular weight excluding hydrogens is 1260 g/mol. The van der Waals surface area contributed by atoms with Crippen molar-refractivity contribution in [2.24, 2.45) is 17.8 Å². The number of esters is 4. The van der Waals surface area contributed by atoms with Gasteiger partial charge in [-0.3, -0.25) is 37.3 Å². The minimum atomic E-state index is -4.96. The summed E-state index contributed by atoms with van der Waals surface area (Å²) in [4.78, 5) is 72.7. The zero-order chi connectivity index (χ0) is 70.9. The van der Waals surface area contributed by atoms with E-state index in [4.69, 9.17) is 37.0 Å². The van der Waals surface area contributed by atoms with Gasteiger partial charge >= 0.3 is 39.5 Å². The second-order valence-electron chi connectivity index (χ2n) is 28.9. The van der Waals surface area contributed by atoms with Gasteiger partial charge in [-0.25, -0.2) is 9.13 Å². The van der Waals surface area contributed by atoms with Crippen molar-refractivity contribution in [1.29, 1.82) is 0 Å². The predicted octanol–water partition coefficient (Wildman–Crippen LogP) is 22.6. The van der Waals surface area contributed by atoms with Gasteiger partial charge in [-0.15, -0.1) is 0 Å². The van der Waals surface area contributed by atoms with E-state index in [9.17, 15) is 43.2 Å². The molecule has 0 fully saturated rings. The fraction of sp³-hybridized carbons (Fsp3) is 0.948. The summed E-state index contributed by atoms with van der Waals surface area (Å²) in [5, 5.41) is 10.6. The maximum atomic E-state index is 13.1. The first-order chi connectivity index (χ1) is 46.3. The third-order valence-electron chi connectivity index (χ3n) is 18.2. The van der Waals surface area contributed by atoms with E-state index in [0.717, 1.165) is 102 Å². The Morgan fingerprint density at radius 1 is 0.302 bits per heavy atom. The summed E-state index contributed by atoms with van der Waals surface area (Å²) in [5.74, 6) is 0.209. The molecule has 3 unspecified atom stereocenters. The number of carbonyl (C=O) groups excluding carboxylic acids is 4. The number of aliphatic hydroxyl groups excluding tert-OH is 1. The molecule has 3 N–H and O–H groups in total. The van der Waals surface area contributed by atoms with Crippen molar-refractivity contribution >= 4 is 39.5 Å². The van der Waals surface area contributed by atoms with E-state index in [-0.39, 0.29) is 25.7 Å². The molecule has 96 heavy (non-hydrogen) atoms. The van der Waals surface area contributed by atoms with Crippen LogP contribution in [0.1, 0.15) is 395 Å². The van der Waals surface area contributed by atoms with Gasteiger partial charge in [0.05, 0.1) is 26.4 Å². The number of phosphoric ester groups is 2. The van der Waals surface area contributed by atoms with Crippen LogP contribution in [0, 0.1) is 17.8 Å². The lowest BCUT2D eigenvalue weighted by Gasteiger charge is -2.21. The number of rotatable bonds is 75. The molecule has 0 aliphatic carbocycles. The molecule has 6 atom stereocenters. The van der Waals surface area contributed by atoms with Gasteiger partial charge in [-0.1, -0.05) is 344 Å². The van der Waals surface area contributed by atoms with Gasteiger partial charge in [-0.05, 0) is 43.4 Å². The maximum Gasteiger partial charge on any atom is 0.472 e. The Balaban J connectivity index is 5.17. The van der Waals surface area contributed by atoms with Crippen LogP contribution in [0.4, 0.5) is 0 Å². The predicted molar refractivity (Wildman–Crippen MR) is 391 cm³/mol. The number of ether oxygens (including phenoxy) is 4. The van der Waals surface area contributed by atoms with Crippen LogP contribution in [0.15, 0.2) is 0 Å². The topological polar surface area (TPSA) is 237 Å². The number of hydrogen-bond donors (Lipinski definition) is 3. The van der Waals surface area contributed by atoms with Crippen molar-refractivity contribution in [2.75, 3.05) is 39.6 Å². The zero-order valence-corrected chi connectivity index (χ0v) is 64.6. The van der Waals surface area contributed by atoms with Crippen LogP contribution in [0.3, 0.4) is 0 Å². The molecule has 0 rings (SSSR count). The Bertz CT molecular complexity index is 1870. The molecule has 0 saturated heterocycles. The number of carbonyl (C=O) groups is 4. The quantitative estimate of drug-likeness (QED) is 0.0222. The second-order valence-corrected chi connectivity index (χ2v) is 31.8. The minimum Gasteiger partial charge on any atom is -0.462 e. The molecule has 0 radical (unpaired) electrons. The molecule has 19 heteroatoms. The van der Waals surface area contributed by atoms with Gasteiger partial charge in [0.15, 0.2) is 12.2 Å². The summed E-state index contributed by atoms with van der Waals surface area (Å²) >= 11 is 0. The van der Waals surface area contributed by atoms with Crippen LogP contribution in [-0.2, 0) is 65.4 Å². The SMILES string of the molecule is CCCCCCCCCCCC(=O)OC[C@H](COP(=O)(O)OC[C@H](O)COP(=O)(O)OC[C@@H](COC(=O)CCCCCCCCCCCCCCCC(C)C)OC(=O)CCCCCCCCCCCCCCCCCCCCC(C)CC)OC(=O)CCCCCCCCC(C)C. The first-order valence-corrected chi connectivity index (χ1v) is 42.9. The Morgan fingerprint density at radius 2 is 0.531 bits per heavy atom. The molecular formula is C77H150O17P2. The average Bonchev–Trinajstić information content (AvgIpc) is 1.36. The Labute approximate surface area is 588 Å². The van der Waals surface area contributed by atoms with Crippen molar-refractivity contribution in [2.45, 2.75) is 414 Å². The highest BCUT2D eigenvalue weighted by molar-refractivity contribution is 7.47. The zero-order valence-electron chi connectivity index (χ0n) is 62.8. The number of hydrogen-bond acceptors (Lipinski definition) is 15. The van der Waals surface area contributed by atoms with Crippen molar-refractivity contribution < 1.29 is 80.2 Å². The molecule has 0 heterocycles. The minimum absolute atomic E-state index is 0.102. The molecule has 0 aromatic carbocycles. The lowest BCUT2D eigenvalue weighted by molar-refractivity contribution is -0.161. The fourth-order valence-corrected chi connectivity index (χ4v) is 13.3. The molecule has 0 spiro atoms. The van der Waals surface area contributed by atoms with Gasteiger partial charge < -0.3 is 33.8 Å². The lowest BCUT2D eigenvalue weighted by atomic mass is 9.99.